The minimum atomic E-state index is 0.0339. The fourth-order valence-corrected chi connectivity index (χ4v) is 2.84. The van der Waals surface area contributed by atoms with E-state index in [0.717, 1.165) is 15.3 Å². The first-order chi connectivity index (χ1) is 9.17. The molecule has 0 saturated heterocycles. The van der Waals surface area contributed by atoms with Gasteiger partial charge in [0.25, 0.3) is 0 Å². The van der Waals surface area contributed by atoms with Gasteiger partial charge in [-0.2, -0.15) is 5.26 Å². The number of phenolic OH excluding ortho intramolecular Hbond substituents is 2. The fraction of sp³-hybridized carbons (Fsp3) is 0. The number of aromatic hydroxyl groups is 2. The third kappa shape index (κ3) is 1.98. The molecule has 0 bridgehead atoms. The number of thiazole rings is 1. The molecule has 0 aliphatic rings. The number of phenols is 2. The molecule has 19 heavy (non-hydrogen) atoms. The molecule has 0 aliphatic carbocycles. The second-order valence-corrected chi connectivity index (χ2v) is 5.02. The van der Waals surface area contributed by atoms with Gasteiger partial charge in [0.1, 0.15) is 22.6 Å². The maximum absolute atomic E-state index is 9.54. The predicted octanol–water partition coefficient (Wildman–Crippen LogP) is 3.25. The highest BCUT2D eigenvalue weighted by Gasteiger charge is 2.11. The van der Waals surface area contributed by atoms with Crippen molar-refractivity contribution in [2.24, 2.45) is 0 Å². The van der Waals surface area contributed by atoms with E-state index in [1.165, 1.54) is 23.5 Å². The molecule has 0 unspecified atom stereocenters. The predicted molar refractivity (Wildman–Crippen MR) is 73.1 cm³/mol. The van der Waals surface area contributed by atoms with Crippen molar-refractivity contribution in [2.75, 3.05) is 0 Å². The van der Waals surface area contributed by atoms with Gasteiger partial charge in [0.15, 0.2) is 0 Å². The Morgan fingerprint density at radius 1 is 1.05 bits per heavy atom. The molecule has 1 heterocycles. The summed E-state index contributed by atoms with van der Waals surface area (Å²) in [6, 6.07) is 11.7. The van der Waals surface area contributed by atoms with E-state index < -0.39 is 0 Å². The summed E-state index contributed by atoms with van der Waals surface area (Å²) in [6.07, 6.45) is 0. The van der Waals surface area contributed by atoms with Crippen LogP contribution in [0.25, 0.3) is 20.8 Å². The van der Waals surface area contributed by atoms with Crippen LogP contribution < -0.4 is 0 Å². The molecule has 0 spiro atoms. The first-order valence-electron chi connectivity index (χ1n) is 5.50. The van der Waals surface area contributed by atoms with E-state index in [4.69, 9.17) is 5.26 Å². The zero-order chi connectivity index (χ0) is 13.4. The van der Waals surface area contributed by atoms with Crippen LogP contribution in [0.5, 0.6) is 11.5 Å². The van der Waals surface area contributed by atoms with Crippen molar-refractivity contribution >= 4 is 21.6 Å². The van der Waals surface area contributed by atoms with E-state index in [0.29, 0.717) is 11.1 Å². The van der Waals surface area contributed by atoms with Crippen LogP contribution in [0.3, 0.4) is 0 Å². The van der Waals surface area contributed by atoms with Gasteiger partial charge >= 0.3 is 0 Å². The molecule has 2 N–H and O–H groups in total. The van der Waals surface area contributed by atoms with Crippen molar-refractivity contribution in [1.29, 1.82) is 5.26 Å². The molecular weight excluding hydrogens is 260 g/mol. The highest BCUT2D eigenvalue weighted by Crippen LogP contribution is 2.34. The zero-order valence-corrected chi connectivity index (χ0v) is 10.5. The van der Waals surface area contributed by atoms with Crippen LogP contribution in [0.1, 0.15) is 5.56 Å². The summed E-state index contributed by atoms with van der Waals surface area (Å²) in [7, 11) is 0. The van der Waals surface area contributed by atoms with Crippen molar-refractivity contribution < 1.29 is 10.2 Å². The number of aromatic nitrogens is 1. The van der Waals surface area contributed by atoms with Gasteiger partial charge in [0, 0.05) is 11.6 Å². The highest BCUT2D eigenvalue weighted by molar-refractivity contribution is 7.21. The average molecular weight is 268 g/mol. The molecule has 2 aromatic carbocycles. The molecule has 0 amide bonds. The van der Waals surface area contributed by atoms with E-state index in [9.17, 15) is 10.2 Å². The maximum Gasteiger partial charge on any atom is 0.124 e. The van der Waals surface area contributed by atoms with Gasteiger partial charge in [-0.3, -0.25) is 0 Å². The Labute approximate surface area is 112 Å². The molecule has 0 fully saturated rings. The molecule has 1 aromatic heterocycles. The van der Waals surface area contributed by atoms with Crippen LogP contribution in [0.2, 0.25) is 0 Å². The monoisotopic (exact) mass is 268 g/mol. The van der Waals surface area contributed by atoms with Gasteiger partial charge in [-0.05, 0) is 30.3 Å². The van der Waals surface area contributed by atoms with Crippen molar-refractivity contribution in [1.82, 2.24) is 4.98 Å². The van der Waals surface area contributed by atoms with Crippen molar-refractivity contribution in [3.8, 4) is 28.1 Å². The van der Waals surface area contributed by atoms with Crippen LogP contribution in [0, 0.1) is 11.3 Å². The Hall–Kier alpha value is -2.58. The number of nitrogens with zero attached hydrogens (tertiary/aromatic N) is 2. The van der Waals surface area contributed by atoms with Gasteiger partial charge in [0.2, 0.25) is 0 Å². The number of nitriles is 1. The summed E-state index contributed by atoms with van der Waals surface area (Å²) in [5.41, 5.74) is 1.88. The molecular formula is C14H8N2O2S. The summed E-state index contributed by atoms with van der Waals surface area (Å²) < 4.78 is 0.753. The lowest BCUT2D eigenvalue weighted by molar-refractivity contribution is 0.475. The number of rotatable bonds is 1. The summed E-state index contributed by atoms with van der Waals surface area (Å²) >= 11 is 1.39. The quantitative estimate of drug-likeness (QED) is 0.710. The lowest BCUT2D eigenvalue weighted by atomic mass is 10.2. The Bertz CT molecular complexity index is 801. The Morgan fingerprint density at radius 3 is 2.47 bits per heavy atom. The third-order valence-corrected chi connectivity index (χ3v) is 3.86. The molecule has 3 aromatic rings. The Kier molecular flexibility index (Phi) is 2.58. The van der Waals surface area contributed by atoms with E-state index >= 15 is 0 Å². The first kappa shape index (κ1) is 11.5. The Morgan fingerprint density at radius 2 is 1.79 bits per heavy atom. The van der Waals surface area contributed by atoms with Gasteiger partial charge in [-0.15, -0.1) is 11.3 Å². The lowest BCUT2D eigenvalue weighted by Crippen LogP contribution is -1.76. The minimum Gasteiger partial charge on any atom is -0.508 e. The molecule has 4 nitrogen and oxygen atoms in total. The summed E-state index contributed by atoms with van der Waals surface area (Å²) in [6.45, 7) is 0. The SMILES string of the molecule is N#Cc1cc(O)cc2nc(-c3ccc(O)cc3)sc12. The Balaban J connectivity index is 2.22. The second-order valence-electron chi connectivity index (χ2n) is 4.02. The maximum atomic E-state index is 9.54. The summed E-state index contributed by atoms with van der Waals surface area (Å²) in [4.78, 5) is 4.41. The van der Waals surface area contributed by atoms with E-state index in [2.05, 4.69) is 11.1 Å². The number of fused-ring (bicyclic) bond motifs is 1. The standard InChI is InChI=1S/C14H8N2O2S/c15-7-9-5-11(18)6-12-13(9)19-14(16-12)8-1-3-10(17)4-2-8/h1-6,17-18H. The van der Waals surface area contributed by atoms with Crippen LogP contribution in [0.15, 0.2) is 36.4 Å². The summed E-state index contributed by atoms with van der Waals surface area (Å²) in [5.74, 6) is 0.229. The highest BCUT2D eigenvalue weighted by atomic mass is 32.1. The van der Waals surface area contributed by atoms with Crippen LogP contribution >= 0.6 is 11.3 Å². The molecule has 92 valence electrons. The van der Waals surface area contributed by atoms with E-state index in [1.54, 1.807) is 24.3 Å². The van der Waals surface area contributed by atoms with E-state index in [1.807, 2.05) is 0 Å². The van der Waals surface area contributed by atoms with Crippen LogP contribution in [-0.2, 0) is 0 Å². The first-order valence-corrected chi connectivity index (χ1v) is 6.32. The van der Waals surface area contributed by atoms with Gasteiger partial charge in [0.05, 0.1) is 15.8 Å². The average Bonchev–Trinajstić information content (AvgIpc) is 2.82. The lowest BCUT2D eigenvalue weighted by Gasteiger charge is -1.95. The molecule has 5 heteroatoms. The molecule has 0 saturated carbocycles. The zero-order valence-electron chi connectivity index (χ0n) is 9.66. The number of hydrogen-bond donors (Lipinski definition) is 2. The topological polar surface area (TPSA) is 77.1 Å². The van der Waals surface area contributed by atoms with Crippen LogP contribution in [0.4, 0.5) is 0 Å². The molecule has 3 rings (SSSR count). The van der Waals surface area contributed by atoms with Gasteiger partial charge in [-0.1, -0.05) is 0 Å². The molecule has 0 radical (unpaired) electrons. The van der Waals surface area contributed by atoms with Crippen molar-refractivity contribution in [3.63, 3.8) is 0 Å². The van der Waals surface area contributed by atoms with Gasteiger partial charge in [-0.25, -0.2) is 4.98 Å². The number of benzene rings is 2. The fourth-order valence-electron chi connectivity index (χ4n) is 1.83. The van der Waals surface area contributed by atoms with Crippen LogP contribution in [-0.4, -0.2) is 15.2 Å². The second kappa shape index (κ2) is 4.26. The smallest absolute Gasteiger partial charge is 0.124 e. The molecule has 0 aliphatic heterocycles. The third-order valence-electron chi connectivity index (χ3n) is 2.71. The van der Waals surface area contributed by atoms with Crippen molar-refractivity contribution in [2.45, 2.75) is 0 Å². The summed E-state index contributed by atoms with van der Waals surface area (Å²) in [5, 5.41) is 28.6. The van der Waals surface area contributed by atoms with Gasteiger partial charge < -0.3 is 10.2 Å². The van der Waals surface area contributed by atoms with E-state index in [-0.39, 0.29) is 11.5 Å². The minimum absolute atomic E-state index is 0.0339. The normalized spacial score (nSPS) is 10.5. The number of hydrogen-bond acceptors (Lipinski definition) is 5. The van der Waals surface area contributed by atoms with Crippen molar-refractivity contribution in [3.05, 3.63) is 42.0 Å². The molecule has 0 atom stereocenters. The largest absolute Gasteiger partial charge is 0.508 e.